The lowest BCUT2D eigenvalue weighted by atomic mass is 10.1. The first-order valence-corrected chi connectivity index (χ1v) is 4.67. The quantitative estimate of drug-likeness (QED) is 0.639. The second kappa shape index (κ2) is 4.74. The maximum absolute atomic E-state index is 13.0. The Balaban J connectivity index is 3.40. The molecule has 0 aromatic heterocycles. The highest BCUT2D eigenvalue weighted by molar-refractivity contribution is 7.80. The van der Waals surface area contributed by atoms with Crippen molar-refractivity contribution in [1.82, 2.24) is 0 Å². The van der Waals surface area contributed by atoms with Crippen molar-refractivity contribution in [3.05, 3.63) is 23.5 Å². The molecule has 0 fully saturated rings. The Hall–Kier alpha value is -1.57. The van der Waals surface area contributed by atoms with Gasteiger partial charge in [-0.2, -0.15) is 13.2 Å². The van der Waals surface area contributed by atoms with Gasteiger partial charge in [0.25, 0.3) is 0 Å². The zero-order valence-electron chi connectivity index (χ0n) is 8.56. The first kappa shape index (κ1) is 13.5. The second-order valence-corrected chi connectivity index (χ2v) is 3.46. The van der Waals surface area contributed by atoms with Crippen LogP contribution < -0.4 is 15.8 Å². The Morgan fingerprint density at radius 1 is 1.41 bits per heavy atom. The summed E-state index contributed by atoms with van der Waals surface area (Å²) >= 11 is 4.47. The lowest BCUT2D eigenvalue weighted by Crippen LogP contribution is -2.20. The molecule has 0 aliphatic heterocycles. The van der Waals surface area contributed by atoms with Gasteiger partial charge in [0.2, 0.25) is 0 Å². The fourth-order valence-corrected chi connectivity index (χ4v) is 1.36. The molecule has 1 aromatic rings. The van der Waals surface area contributed by atoms with E-state index in [9.17, 15) is 17.6 Å². The van der Waals surface area contributed by atoms with Crippen molar-refractivity contribution >= 4 is 23.0 Å². The Bertz CT molecular complexity index is 447. The van der Waals surface area contributed by atoms with Crippen molar-refractivity contribution in [2.24, 2.45) is 5.73 Å². The predicted molar refractivity (Wildman–Crippen MR) is 58.4 cm³/mol. The number of rotatable bonds is 2. The number of methoxy groups -OCH3 is 1. The Kier molecular flexibility index (Phi) is 3.76. The van der Waals surface area contributed by atoms with Gasteiger partial charge in [-0.3, -0.25) is 0 Å². The largest absolute Gasteiger partial charge is 0.494 e. The number of hydrogen-bond acceptors (Lipinski definition) is 2. The maximum atomic E-state index is 13.0. The monoisotopic (exact) mass is 268 g/mol. The van der Waals surface area contributed by atoms with E-state index < -0.39 is 23.3 Å². The molecule has 94 valence electrons. The Morgan fingerprint density at radius 3 is 2.41 bits per heavy atom. The van der Waals surface area contributed by atoms with E-state index in [0.29, 0.717) is 6.07 Å². The van der Waals surface area contributed by atoms with Gasteiger partial charge < -0.3 is 15.8 Å². The van der Waals surface area contributed by atoms with E-state index in [0.717, 1.165) is 13.2 Å². The molecule has 0 spiro atoms. The van der Waals surface area contributed by atoms with Gasteiger partial charge in [0, 0.05) is 6.07 Å². The van der Waals surface area contributed by atoms with Gasteiger partial charge >= 0.3 is 6.18 Å². The van der Waals surface area contributed by atoms with Gasteiger partial charge in [-0.25, -0.2) is 4.39 Å². The van der Waals surface area contributed by atoms with Crippen LogP contribution in [0.2, 0.25) is 0 Å². The van der Waals surface area contributed by atoms with Crippen LogP contribution in [0.1, 0.15) is 5.56 Å². The van der Waals surface area contributed by atoms with E-state index in [1.807, 2.05) is 0 Å². The van der Waals surface area contributed by atoms with Gasteiger partial charge in [-0.1, -0.05) is 0 Å². The molecule has 0 radical (unpaired) electrons. The number of alkyl halides is 3. The summed E-state index contributed by atoms with van der Waals surface area (Å²) in [6.07, 6.45) is -4.74. The van der Waals surface area contributed by atoms with Gasteiger partial charge in [0.1, 0.15) is 11.4 Å². The highest BCUT2D eigenvalue weighted by atomic mass is 32.1. The van der Waals surface area contributed by atoms with Crippen molar-refractivity contribution in [3.8, 4) is 5.75 Å². The normalized spacial score (nSPS) is 11.1. The number of ether oxygens (including phenoxy) is 1. The van der Waals surface area contributed by atoms with Crippen LogP contribution in [0, 0.1) is 5.82 Å². The molecule has 3 nitrogen and oxygen atoms in total. The zero-order chi connectivity index (χ0) is 13.2. The minimum absolute atomic E-state index is 0.271. The molecule has 0 bridgehead atoms. The van der Waals surface area contributed by atoms with E-state index in [1.54, 1.807) is 0 Å². The third-order valence-corrected chi connectivity index (χ3v) is 1.92. The van der Waals surface area contributed by atoms with E-state index in [-0.39, 0.29) is 10.8 Å². The molecule has 0 amide bonds. The molecule has 0 unspecified atom stereocenters. The third kappa shape index (κ3) is 3.19. The molecule has 8 heteroatoms. The average Bonchev–Trinajstić information content (AvgIpc) is 2.14. The lowest BCUT2D eigenvalue weighted by molar-refractivity contribution is -0.138. The number of halogens is 4. The molecule has 17 heavy (non-hydrogen) atoms. The van der Waals surface area contributed by atoms with Crippen LogP contribution >= 0.6 is 12.2 Å². The summed E-state index contributed by atoms with van der Waals surface area (Å²) in [6, 6.07) is 1.15. The Labute approximate surface area is 99.6 Å². The van der Waals surface area contributed by atoms with E-state index in [2.05, 4.69) is 22.3 Å². The first-order chi connectivity index (χ1) is 7.75. The number of thiocarbonyl (C=S) groups is 1. The maximum Gasteiger partial charge on any atom is 0.420 e. The standard InChI is InChI=1S/C9H8F4N2OS/c1-16-7-5(9(11,12)13)2-4(10)3-6(7)15-8(14)17/h2-3H,1H3,(H3,14,15,17). The molecule has 0 aliphatic rings. The van der Waals surface area contributed by atoms with Crippen molar-refractivity contribution in [1.29, 1.82) is 0 Å². The second-order valence-electron chi connectivity index (χ2n) is 3.02. The number of nitrogens with one attached hydrogen (secondary N) is 1. The van der Waals surface area contributed by atoms with Crippen LogP contribution in [0.3, 0.4) is 0 Å². The van der Waals surface area contributed by atoms with Crippen molar-refractivity contribution in [3.63, 3.8) is 0 Å². The van der Waals surface area contributed by atoms with Gasteiger partial charge in [-0.05, 0) is 18.3 Å². The molecule has 0 saturated heterocycles. The summed E-state index contributed by atoms with van der Waals surface area (Å²) in [5.41, 5.74) is 3.61. The number of anilines is 1. The lowest BCUT2D eigenvalue weighted by Gasteiger charge is -2.16. The summed E-state index contributed by atoms with van der Waals surface area (Å²) in [6.45, 7) is 0. The SMILES string of the molecule is COc1c(NC(N)=S)cc(F)cc1C(F)(F)F. The predicted octanol–water partition coefficient (Wildman–Crippen LogP) is 2.51. The van der Waals surface area contributed by atoms with Crippen LogP contribution in [-0.2, 0) is 6.18 Å². The smallest absolute Gasteiger partial charge is 0.420 e. The van der Waals surface area contributed by atoms with Crippen molar-refractivity contribution in [2.45, 2.75) is 6.18 Å². The van der Waals surface area contributed by atoms with E-state index >= 15 is 0 Å². The first-order valence-electron chi connectivity index (χ1n) is 4.27. The Morgan fingerprint density at radius 2 is 2.00 bits per heavy atom. The fraction of sp³-hybridized carbons (Fsp3) is 0.222. The summed E-state index contributed by atoms with van der Waals surface area (Å²) < 4.78 is 55.4. The van der Waals surface area contributed by atoms with Crippen LogP contribution in [0.5, 0.6) is 5.75 Å². The molecule has 1 rings (SSSR count). The molecule has 0 aliphatic carbocycles. The van der Waals surface area contributed by atoms with E-state index in [1.165, 1.54) is 0 Å². The minimum atomic E-state index is -4.74. The van der Waals surface area contributed by atoms with Gasteiger partial charge in [-0.15, -0.1) is 0 Å². The van der Waals surface area contributed by atoms with E-state index in [4.69, 9.17) is 5.73 Å². The summed E-state index contributed by atoms with van der Waals surface area (Å²) in [5.74, 6) is -1.64. The van der Waals surface area contributed by atoms with Crippen LogP contribution in [0.15, 0.2) is 12.1 Å². The fourth-order valence-electron chi connectivity index (χ4n) is 1.25. The summed E-state index contributed by atoms with van der Waals surface area (Å²) in [5, 5.41) is 1.93. The molecular weight excluding hydrogens is 260 g/mol. The molecule has 0 atom stereocenters. The molecule has 0 saturated carbocycles. The summed E-state index contributed by atoms with van der Waals surface area (Å²) in [7, 11) is 1.03. The van der Waals surface area contributed by atoms with Gasteiger partial charge in [0.05, 0.1) is 12.8 Å². The molecule has 0 heterocycles. The van der Waals surface area contributed by atoms with Crippen LogP contribution in [0.4, 0.5) is 23.2 Å². The highest BCUT2D eigenvalue weighted by Crippen LogP contribution is 2.40. The minimum Gasteiger partial charge on any atom is -0.494 e. The van der Waals surface area contributed by atoms with Gasteiger partial charge in [0.15, 0.2) is 10.9 Å². The zero-order valence-corrected chi connectivity index (χ0v) is 9.38. The number of hydrogen-bond donors (Lipinski definition) is 2. The van der Waals surface area contributed by atoms with Crippen molar-refractivity contribution in [2.75, 3.05) is 12.4 Å². The molecule has 3 N–H and O–H groups in total. The third-order valence-electron chi connectivity index (χ3n) is 1.82. The van der Waals surface area contributed by atoms with Crippen LogP contribution in [-0.4, -0.2) is 12.2 Å². The molecular formula is C9H8F4N2OS. The number of nitrogens with two attached hydrogens (primary N) is 1. The topological polar surface area (TPSA) is 47.3 Å². The summed E-state index contributed by atoms with van der Waals surface area (Å²) in [4.78, 5) is 0. The van der Waals surface area contributed by atoms with Crippen molar-refractivity contribution < 1.29 is 22.3 Å². The van der Waals surface area contributed by atoms with Crippen LogP contribution in [0.25, 0.3) is 0 Å². The average molecular weight is 268 g/mol. The highest BCUT2D eigenvalue weighted by Gasteiger charge is 2.36. The molecule has 1 aromatic carbocycles. The number of benzene rings is 1.